The Labute approximate surface area is 130 Å². The Morgan fingerprint density at radius 1 is 1.13 bits per heavy atom. The zero-order valence-corrected chi connectivity index (χ0v) is 12.5. The van der Waals surface area contributed by atoms with Gasteiger partial charge in [0.1, 0.15) is 5.52 Å². The summed E-state index contributed by atoms with van der Waals surface area (Å²) in [6.07, 6.45) is 4.93. The van der Waals surface area contributed by atoms with Crippen LogP contribution in [0.25, 0.3) is 22.2 Å². The molecule has 8 heteroatoms. The molecule has 114 valence electrons. The summed E-state index contributed by atoms with van der Waals surface area (Å²) in [6.45, 7) is 1.97. The zero-order chi connectivity index (χ0) is 16.0. The van der Waals surface area contributed by atoms with E-state index in [4.69, 9.17) is 0 Å². The van der Waals surface area contributed by atoms with Crippen molar-refractivity contribution >= 4 is 33.8 Å². The number of nitrogens with one attached hydrogen (secondary N) is 2. The second-order valence-corrected chi connectivity index (χ2v) is 5.25. The molecule has 0 unspecified atom stereocenters. The van der Waals surface area contributed by atoms with Crippen LogP contribution in [0.15, 0.2) is 35.5 Å². The Morgan fingerprint density at radius 3 is 2.65 bits per heavy atom. The maximum absolute atomic E-state index is 11.6. The Hall–Kier alpha value is -3.29. The van der Waals surface area contributed by atoms with Gasteiger partial charge in [0, 0.05) is 25.1 Å². The first-order valence-corrected chi connectivity index (χ1v) is 7.02. The number of H-pyrrole nitrogens is 1. The van der Waals surface area contributed by atoms with Crippen molar-refractivity contribution < 1.29 is 0 Å². The summed E-state index contributed by atoms with van der Waals surface area (Å²) in [5.41, 5.74) is 4.39. The molecule has 2 N–H and O–H groups in total. The summed E-state index contributed by atoms with van der Waals surface area (Å²) in [5.74, 6) is 0.408. The largest absolute Gasteiger partial charge is 0.327 e. The topological polar surface area (TPSA) is 101 Å². The van der Waals surface area contributed by atoms with Crippen molar-refractivity contribution in [3.05, 3.63) is 46.8 Å². The third kappa shape index (κ3) is 2.20. The van der Waals surface area contributed by atoms with Gasteiger partial charge in [-0.05, 0) is 24.6 Å². The summed E-state index contributed by atoms with van der Waals surface area (Å²) in [6, 6.07) is 3.85. The molecule has 8 nitrogen and oxygen atoms in total. The molecule has 0 atom stereocenters. The molecule has 0 amide bonds. The number of aryl methyl sites for hydroxylation is 2. The van der Waals surface area contributed by atoms with Crippen molar-refractivity contribution in [1.82, 2.24) is 29.5 Å². The molecule has 0 aliphatic heterocycles. The van der Waals surface area contributed by atoms with Crippen LogP contribution in [0.4, 0.5) is 11.6 Å². The monoisotopic (exact) mass is 307 g/mol. The molecule has 23 heavy (non-hydrogen) atoms. The highest BCUT2D eigenvalue weighted by atomic mass is 16.1. The lowest BCUT2D eigenvalue weighted by atomic mass is 10.1. The van der Waals surface area contributed by atoms with Gasteiger partial charge in [-0.25, -0.2) is 9.78 Å². The number of hydrogen-bond donors (Lipinski definition) is 2. The van der Waals surface area contributed by atoms with Crippen molar-refractivity contribution in [2.24, 2.45) is 7.05 Å². The van der Waals surface area contributed by atoms with E-state index in [2.05, 4.69) is 30.2 Å². The highest BCUT2D eigenvalue weighted by Crippen LogP contribution is 2.23. The third-order valence-corrected chi connectivity index (χ3v) is 3.72. The van der Waals surface area contributed by atoms with E-state index in [1.165, 1.54) is 4.57 Å². The van der Waals surface area contributed by atoms with Gasteiger partial charge in [0.05, 0.1) is 17.2 Å². The second kappa shape index (κ2) is 4.87. The quantitative estimate of drug-likeness (QED) is 0.584. The molecule has 0 spiro atoms. The first kappa shape index (κ1) is 13.4. The van der Waals surface area contributed by atoms with Crippen LogP contribution in [0.1, 0.15) is 5.56 Å². The molecule has 4 rings (SSSR count). The van der Waals surface area contributed by atoms with Crippen LogP contribution in [0.5, 0.6) is 0 Å². The van der Waals surface area contributed by atoms with Crippen LogP contribution >= 0.6 is 0 Å². The van der Waals surface area contributed by atoms with Crippen LogP contribution in [-0.2, 0) is 7.05 Å². The van der Waals surface area contributed by atoms with E-state index < -0.39 is 0 Å². The zero-order valence-electron chi connectivity index (χ0n) is 12.5. The number of benzene rings is 1. The van der Waals surface area contributed by atoms with Crippen LogP contribution in [0, 0.1) is 6.92 Å². The number of imidazole rings is 1. The van der Waals surface area contributed by atoms with Gasteiger partial charge in [-0.2, -0.15) is 4.98 Å². The molecule has 0 saturated carbocycles. The van der Waals surface area contributed by atoms with E-state index in [0.29, 0.717) is 17.1 Å². The van der Waals surface area contributed by atoms with Crippen LogP contribution in [-0.4, -0.2) is 29.5 Å². The maximum atomic E-state index is 11.6. The van der Waals surface area contributed by atoms with Crippen molar-refractivity contribution in [3.8, 4) is 0 Å². The lowest BCUT2D eigenvalue weighted by Crippen LogP contribution is -2.11. The summed E-state index contributed by atoms with van der Waals surface area (Å²) < 4.78 is 1.47. The average molecular weight is 307 g/mol. The van der Waals surface area contributed by atoms with Crippen molar-refractivity contribution in [3.63, 3.8) is 0 Å². The highest BCUT2D eigenvalue weighted by molar-refractivity contribution is 5.81. The van der Waals surface area contributed by atoms with Crippen LogP contribution in [0.2, 0.25) is 0 Å². The normalized spacial score (nSPS) is 11.2. The molecule has 0 bridgehead atoms. The van der Waals surface area contributed by atoms with Crippen molar-refractivity contribution in [2.45, 2.75) is 6.92 Å². The average Bonchev–Trinajstić information content (AvgIpc) is 2.82. The van der Waals surface area contributed by atoms with Crippen LogP contribution in [0.3, 0.4) is 0 Å². The third-order valence-electron chi connectivity index (χ3n) is 3.72. The fraction of sp³-hybridized carbons (Fsp3) is 0.133. The first-order valence-electron chi connectivity index (χ1n) is 7.02. The minimum Gasteiger partial charge on any atom is -0.324 e. The lowest BCUT2D eigenvalue weighted by molar-refractivity contribution is 0.890. The summed E-state index contributed by atoms with van der Waals surface area (Å²) >= 11 is 0. The molecule has 3 aromatic heterocycles. The summed E-state index contributed by atoms with van der Waals surface area (Å²) in [7, 11) is 1.67. The Bertz CT molecular complexity index is 1100. The number of anilines is 2. The van der Waals surface area contributed by atoms with Crippen molar-refractivity contribution in [2.75, 3.05) is 5.32 Å². The van der Waals surface area contributed by atoms with Crippen LogP contribution < -0.4 is 11.0 Å². The smallest absolute Gasteiger partial charge is 0.324 e. The van der Waals surface area contributed by atoms with Gasteiger partial charge in [-0.1, -0.05) is 0 Å². The molecule has 0 radical (unpaired) electrons. The molecule has 3 heterocycles. The van der Waals surface area contributed by atoms with E-state index in [-0.39, 0.29) is 5.69 Å². The van der Waals surface area contributed by atoms with Crippen molar-refractivity contribution in [1.29, 1.82) is 0 Å². The SMILES string of the molecule is Cc1cc2nccnc2cc1Nc1ncc2c(n1)[nH]c(=O)n2C. The number of aromatic nitrogens is 6. The number of aromatic amines is 1. The van der Waals surface area contributed by atoms with Gasteiger partial charge in [0.25, 0.3) is 0 Å². The predicted octanol–water partition coefficient (Wildman–Crippen LogP) is 1.65. The minimum atomic E-state index is -0.219. The number of nitrogens with zero attached hydrogens (tertiary/aromatic N) is 5. The predicted molar refractivity (Wildman–Crippen MR) is 86.7 cm³/mol. The molecule has 1 aromatic carbocycles. The van der Waals surface area contributed by atoms with E-state index >= 15 is 0 Å². The number of rotatable bonds is 2. The van der Waals surface area contributed by atoms with E-state index in [1.54, 1.807) is 25.6 Å². The lowest BCUT2D eigenvalue weighted by Gasteiger charge is -2.09. The van der Waals surface area contributed by atoms with E-state index in [9.17, 15) is 4.79 Å². The number of fused-ring (bicyclic) bond motifs is 2. The van der Waals surface area contributed by atoms with E-state index in [0.717, 1.165) is 22.3 Å². The Balaban J connectivity index is 1.78. The first-order chi connectivity index (χ1) is 11.1. The highest BCUT2D eigenvalue weighted by Gasteiger charge is 2.09. The van der Waals surface area contributed by atoms with Gasteiger partial charge in [0.2, 0.25) is 5.95 Å². The summed E-state index contributed by atoms with van der Waals surface area (Å²) in [4.78, 5) is 31.5. The minimum absolute atomic E-state index is 0.219. The molecule has 0 aliphatic rings. The fourth-order valence-corrected chi connectivity index (χ4v) is 2.44. The van der Waals surface area contributed by atoms with E-state index in [1.807, 2.05) is 19.1 Å². The molecular weight excluding hydrogens is 294 g/mol. The fourth-order valence-electron chi connectivity index (χ4n) is 2.44. The molecular formula is C15H13N7O. The maximum Gasteiger partial charge on any atom is 0.327 e. The molecule has 0 saturated heterocycles. The van der Waals surface area contributed by atoms with Gasteiger partial charge < -0.3 is 5.32 Å². The Morgan fingerprint density at radius 2 is 1.87 bits per heavy atom. The second-order valence-electron chi connectivity index (χ2n) is 5.25. The number of hydrogen-bond acceptors (Lipinski definition) is 6. The van der Waals surface area contributed by atoms with Gasteiger partial charge in [-0.15, -0.1) is 0 Å². The molecule has 0 fully saturated rings. The van der Waals surface area contributed by atoms with Gasteiger partial charge in [-0.3, -0.25) is 19.5 Å². The summed E-state index contributed by atoms with van der Waals surface area (Å²) in [5, 5.41) is 3.16. The molecule has 0 aliphatic carbocycles. The standard InChI is InChI=1S/C15H13N7O/c1-8-5-10-11(17-4-3-16-10)6-9(8)19-14-18-7-12-13(20-14)21-15(23)22(12)2/h3-7H,1-2H3,(H2,18,19,20,21,23). The Kier molecular flexibility index (Phi) is 2.83. The van der Waals surface area contributed by atoms with Gasteiger partial charge in [0.15, 0.2) is 5.65 Å². The molecule has 4 aromatic rings. The van der Waals surface area contributed by atoms with Gasteiger partial charge >= 0.3 is 5.69 Å².